The number of halogens is 1. The predicted molar refractivity (Wildman–Crippen MR) is 129 cm³/mol. The Labute approximate surface area is 204 Å². The van der Waals surface area contributed by atoms with E-state index < -0.39 is 18.5 Å². The van der Waals surface area contributed by atoms with Gasteiger partial charge in [-0.05, 0) is 67.2 Å². The molecule has 7 heteroatoms. The van der Waals surface area contributed by atoms with E-state index in [1.54, 1.807) is 6.08 Å². The highest BCUT2D eigenvalue weighted by molar-refractivity contribution is 9.10. The molecule has 2 N–H and O–H groups in total. The van der Waals surface area contributed by atoms with Gasteiger partial charge in [0.1, 0.15) is 18.3 Å². The minimum absolute atomic E-state index is 0.172. The van der Waals surface area contributed by atoms with Crippen molar-refractivity contribution < 1.29 is 29.3 Å². The first-order chi connectivity index (χ1) is 15.5. The third-order valence-corrected chi connectivity index (χ3v) is 8.36. The second-order valence-electron chi connectivity index (χ2n) is 10.1. The molecule has 0 radical (unpaired) electrons. The van der Waals surface area contributed by atoms with E-state index in [-0.39, 0.29) is 17.3 Å². The van der Waals surface area contributed by atoms with Crippen molar-refractivity contribution in [2.24, 2.45) is 23.7 Å². The molecule has 6 nitrogen and oxygen atoms in total. The van der Waals surface area contributed by atoms with Gasteiger partial charge >= 0.3 is 11.9 Å². The van der Waals surface area contributed by atoms with E-state index >= 15 is 0 Å². The zero-order valence-corrected chi connectivity index (χ0v) is 21.4. The van der Waals surface area contributed by atoms with Gasteiger partial charge in [-0.2, -0.15) is 0 Å². The molecule has 3 fully saturated rings. The number of carboxylic acids is 1. The predicted octanol–water partition coefficient (Wildman–Crippen LogP) is 5.08. The molecule has 2 saturated heterocycles. The molecule has 1 aliphatic carbocycles. The Hall–Kier alpha value is -1.70. The fourth-order valence-electron chi connectivity index (χ4n) is 5.91. The fraction of sp³-hybridized carbons (Fsp3) is 0.615. The molecule has 3 aliphatic rings. The standard InChI is InChI=1S/C17H28O4.C9H7BrO2/c1-10(2)17-7-12-11(3)5-6-13(12)16(4,21-17)14(8-17)20-15(19)9-18;10-8-4-1-7(2-5-8)3-6-9(11)12/h10-14,18H,5-9H2,1-4H3;1-6H,(H,11,12)/b;6-3+. The molecular formula is C26H35BrO6. The first-order valence-corrected chi connectivity index (χ1v) is 12.5. The van der Waals surface area contributed by atoms with Crippen LogP contribution < -0.4 is 0 Å². The number of ether oxygens (including phenoxy) is 2. The van der Waals surface area contributed by atoms with Gasteiger partial charge in [0.15, 0.2) is 0 Å². The lowest BCUT2D eigenvalue weighted by Crippen LogP contribution is -2.53. The van der Waals surface area contributed by atoms with E-state index in [1.807, 2.05) is 24.3 Å². The number of carbonyl (C=O) groups is 2. The van der Waals surface area contributed by atoms with Crippen LogP contribution in [0, 0.1) is 23.7 Å². The van der Waals surface area contributed by atoms with Crippen molar-refractivity contribution >= 4 is 33.9 Å². The first kappa shape index (κ1) is 25.9. The van der Waals surface area contributed by atoms with Crippen molar-refractivity contribution in [1.29, 1.82) is 0 Å². The number of carbonyl (C=O) groups excluding carboxylic acids is 1. The molecule has 2 heterocycles. The number of aliphatic hydroxyl groups excluding tert-OH is 1. The molecule has 1 aromatic carbocycles. The summed E-state index contributed by atoms with van der Waals surface area (Å²) in [6.07, 6.45) is 6.69. The number of carboxylic acid groups (broad SMARTS) is 1. The Morgan fingerprint density at radius 1 is 1.24 bits per heavy atom. The number of hydrogen-bond donors (Lipinski definition) is 2. The lowest BCUT2D eigenvalue weighted by molar-refractivity contribution is -0.214. The number of hydrogen-bond acceptors (Lipinski definition) is 5. The van der Waals surface area contributed by atoms with Crippen LogP contribution in [0.15, 0.2) is 34.8 Å². The molecule has 4 rings (SSSR count). The van der Waals surface area contributed by atoms with Crippen molar-refractivity contribution in [1.82, 2.24) is 0 Å². The molecule has 0 spiro atoms. The number of fused-ring (bicyclic) bond motifs is 4. The molecule has 0 amide bonds. The highest BCUT2D eigenvalue weighted by Crippen LogP contribution is 2.62. The van der Waals surface area contributed by atoms with Gasteiger partial charge in [0, 0.05) is 17.0 Å². The van der Waals surface area contributed by atoms with Gasteiger partial charge in [-0.1, -0.05) is 55.3 Å². The van der Waals surface area contributed by atoms with Crippen LogP contribution in [0.1, 0.15) is 58.9 Å². The van der Waals surface area contributed by atoms with Crippen LogP contribution in [0.2, 0.25) is 0 Å². The highest BCUT2D eigenvalue weighted by Gasteiger charge is 2.66. The van der Waals surface area contributed by atoms with Crippen molar-refractivity contribution in [2.45, 2.75) is 70.7 Å². The Kier molecular flexibility index (Phi) is 8.07. The maximum Gasteiger partial charge on any atom is 0.332 e. The lowest BCUT2D eigenvalue weighted by Gasteiger charge is -2.48. The Balaban J connectivity index is 0.000000218. The molecule has 2 aliphatic heterocycles. The van der Waals surface area contributed by atoms with Crippen molar-refractivity contribution in [3.63, 3.8) is 0 Å². The molecule has 0 aromatic heterocycles. The average molecular weight is 523 g/mol. The molecule has 6 atom stereocenters. The summed E-state index contributed by atoms with van der Waals surface area (Å²) in [5.41, 5.74) is 0.318. The maximum absolute atomic E-state index is 11.6. The van der Waals surface area contributed by atoms with Gasteiger partial charge in [-0.3, -0.25) is 0 Å². The van der Waals surface area contributed by atoms with Crippen molar-refractivity contribution in [3.8, 4) is 0 Å². The third kappa shape index (κ3) is 5.52. The average Bonchev–Trinajstić information content (AvgIpc) is 3.25. The molecule has 6 unspecified atom stereocenters. The molecule has 2 bridgehead atoms. The van der Waals surface area contributed by atoms with Gasteiger partial charge in [-0.25, -0.2) is 9.59 Å². The Bertz CT molecular complexity index is 881. The third-order valence-electron chi connectivity index (χ3n) is 7.83. The second kappa shape index (κ2) is 10.3. The van der Waals surface area contributed by atoms with Crippen LogP contribution in [-0.4, -0.2) is 46.1 Å². The maximum atomic E-state index is 11.6. The second-order valence-corrected chi connectivity index (χ2v) is 11.0. The van der Waals surface area contributed by atoms with Crippen molar-refractivity contribution in [3.05, 3.63) is 40.4 Å². The topological polar surface area (TPSA) is 93.1 Å². The largest absolute Gasteiger partial charge is 0.478 e. The molecule has 182 valence electrons. The van der Waals surface area contributed by atoms with Crippen LogP contribution in [0.3, 0.4) is 0 Å². The summed E-state index contributed by atoms with van der Waals surface area (Å²) < 4.78 is 13.2. The zero-order chi connectivity index (χ0) is 24.4. The minimum atomic E-state index is -0.932. The van der Waals surface area contributed by atoms with Crippen molar-refractivity contribution in [2.75, 3.05) is 6.61 Å². The van der Waals surface area contributed by atoms with Gasteiger partial charge in [0.2, 0.25) is 0 Å². The van der Waals surface area contributed by atoms with Crippen LogP contribution in [-0.2, 0) is 19.1 Å². The summed E-state index contributed by atoms with van der Waals surface area (Å²) >= 11 is 3.29. The van der Waals surface area contributed by atoms with Gasteiger partial charge < -0.3 is 19.7 Å². The smallest absolute Gasteiger partial charge is 0.332 e. The van der Waals surface area contributed by atoms with Gasteiger partial charge in [0.25, 0.3) is 0 Å². The van der Waals surface area contributed by atoms with Crippen LogP contribution >= 0.6 is 15.9 Å². The molecule has 33 heavy (non-hydrogen) atoms. The van der Waals surface area contributed by atoms with E-state index in [0.29, 0.717) is 17.8 Å². The summed E-state index contributed by atoms with van der Waals surface area (Å²) in [5.74, 6) is 0.811. The molecular weight excluding hydrogens is 488 g/mol. The molecule has 1 saturated carbocycles. The number of rotatable bonds is 5. The van der Waals surface area contributed by atoms with Crippen LogP contribution in [0.5, 0.6) is 0 Å². The fourth-order valence-corrected chi connectivity index (χ4v) is 6.17. The SMILES string of the molecule is CC1CCC2C1CC1(C(C)C)CC(OC(=O)CO)C2(C)O1.O=C(O)/C=C/c1ccc(Br)cc1. The summed E-state index contributed by atoms with van der Waals surface area (Å²) in [4.78, 5) is 21.7. The van der Waals surface area contributed by atoms with Crippen LogP contribution in [0.25, 0.3) is 6.08 Å². The van der Waals surface area contributed by atoms with Gasteiger partial charge in [-0.15, -0.1) is 0 Å². The Morgan fingerprint density at radius 3 is 2.48 bits per heavy atom. The highest BCUT2D eigenvalue weighted by atomic mass is 79.9. The number of aliphatic hydroxyl groups is 1. The summed E-state index contributed by atoms with van der Waals surface area (Å²) in [5, 5.41) is 17.3. The summed E-state index contributed by atoms with van der Waals surface area (Å²) in [6, 6.07) is 7.40. The number of esters is 1. The van der Waals surface area contributed by atoms with Crippen LogP contribution in [0.4, 0.5) is 0 Å². The van der Waals surface area contributed by atoms with E-state index in [9.17, 15) is 9.59 Å². The first-order valence-electron chi connectivity index (χ1n) is 11.7. The van der Waals surface area contributed by atoms with E-state index in [2.05, 4.69) is 43.6 Å². The van der Waals surface area contributed by atoms with E-state index in [0.717, 1.165) is 41.3 Å². The summed E-state index contributed by atoms with van der Waals surface area (Å²) in [6.45, 7) is 8.34. The number of benzene rings is 1. The monoisotopic (exact) mass is 522 g/mol. The number of aliphatic carboxylic acids is 1. The van der Waals surface area contributed by atoms with E-state index in [1.165, 1.54) is 6.42 Å². The molecule has 1 aromatic rings. The Morgan fingerprint density at radius 2 is 1.91 bits per heavy atom. The van der Waals surface area contributed by atoms with Gasteiger partial charge in [0.05, 0.1) is 5.60 Å². The lowest BCUT2D eigenvalue weighted by atomic mass is 9.72. The normalized spacial score (nSPS) is 34.6. The van der Waals surface area contributed by atoms with E-state index in [4.69, 9.17) is 19.7 Å². The quantitative estimate of drug-likeness (QED) is 0.413. The summed E-state index contributed by atoms with van der Waals surface area (Å²) in [7, 11) is 0. The zero-order valence-electron chi connectivity index (χ0n) is 19.8. The minimum Gasteiger partial charge on any atom is -0.478 e.